The molecule has 1 saturated heterocycles. The summed E-state index contributed by atoms with van der Waals surface area (Å²) in [6.07, 6.45) is 1.65. The second-order valence-electron chi connectivity index (χ2n) is 7.57. The van der Waals surface area contributed by atoms with Gasteiger partial charge in [0.2, 0.25) is 0 Å². The second-order valence-corrected chi connectivity index (χ2v) is 7.57. The monoisotopic (exact) mass is 424 g/mol. The Hall–Kier alpha value is -3.32. The van der Waals surface area contributed by atoms with Crippen LogP contribution in [-0.2, 0) is 4.79 Å². The van der Waals surface area contributed by atoms with Gasteiger partial charge in [0, 0.05) is 0 Å². The number of carbonyl (C=O) groups is 1. The lowest BCUT2D eigenvalue weighted by atomic mass is 10.1. The molecule has 0 saturated carbocycles. The highest BCUT2D eigenvalue weighted by Gasteiger charge is 2.31. The Morgan fingerprint density at radius 2 is 1.81 bits per heavy atom. The van der Waals surface area contributed by atoms with Gasteiger partial charge in [-0.25, -0.2) is 4.39 Å². The van der Waals surface area contributed by atoms with E-state index in [1.165, 1.54) is 11.0 Å². The van der Waals surface area contributed by atoms with Crippen molar-refractivity contribution in [3.8, 4) is 5.75 Å². The molecule has 2 heterocycles. The maximum absolute atomic E-state index is 14.1. The summed E-state index contributed by atoms with van der Waals surface area (Å²) in [6.45, 7) is 3.51. The number of ether oxygens (including phenoxy) is 1. The molecule has 7 heteroatoms. The van der Waals surface area contributed by atoms with Crippen LogP contribution in [0, 0.1) is 5.82 Å². The number of benzene rings is 2. The van der Waals surface area contributed by atoms with Crippen LogP contribution in [0.3, 0.4) is 0 Å². The van der Waals surface area contributed by atoms with Crippen molar-refractivity contribution < 1.29 is 23.2 Å². The van der Waals surface area contributed by atoms with Crippen LogP contribution in [0.15, 0.2) is 77.4 Å². The van der Waals surface area contributed by atoms with Gasteiger partial charge >= 0.3 is 0 Å². The molecule has 1 atom stereocenters. The molecular weight excluding hydrogens is 397 g/mol. The summed E-state index contributed by atoms with van der Waals surface area (Å²) < 4.78 is 25.3. The number of quaternary nitrogens is 1. The first-order valence-corrected chi connectivity index (χ1v) is 10.5. The highest BCUT2D eigenvalue weighted by Crippen LogP contribution is 2.19. The van der Waals surface area contributed by atoms with Crippen molar-refractivity contribution in [2.45, 2.75) is 6.04 Å². The van der Waals surface area contributed by atoms with E-state index in [9.17, 15) is 9.18 Å². The Morgan fingerprint density at radius 1 is 1.06 bits per heavy atom. The molecule has 2 N–H and O–H groups in total. The fourth-order valence-electron chi connectivity index (χ4n) is 3.96. The first-order valence-electron chi connectivity index (χ1n) is 10.5. The number of hydrogen-bond acceptors (Lipinski definition) is 4. The van der Waals surface area contributed by atoms with Crippen LogP contribution < -0.4 is 19.9 Å². The number of rotatable bonds is 8. The summed E-state index contributed by atoms with van der Waals surface area (Å²) in [5.41, 5.74) is 0.641. The molecule has 0 spiro atoms. The molecule has 4 rings (SSSR count). The molecule has 1 amide bonds. The molecular formula is C24H27FN3O3+. The van der Waals surface area contributed by atoms with Crippen molar-refractivity contribution >= 4 is 11.6 Å². The lowest BCUT2D eigenvalue weighted by Crippen LogP contribution is -3.15. The van der Waals surface area contributed by atoms with Crippen LogP contribution in [0.4, 0.5) is 10.1 Å². The van der Waals surface area contributed by atoms with Crippen molar-refractivity contribution in [2.24, 2.45) is 0 Å². The number of carbonyl (C=O) groups excluding carboxylic acids is 1. The first-order chi connectivity index (χ1) is 15.2. The van der Waals surface area contributed by atoms with E-state index < -0.39 is 0 Å². The van der Waals surface area contributed by atoms with Gasteiger partial charge in [-0.05, 0) is 36.4 Å². The van der Waals surface area contributed by atoms with E-state index in [1.54, 1.807) is 12.3 Å². The Morgan fingerprint density at radius 3 is 2.52 bits per heavy atom. The van der Waals surface area contributed by atoms with Crippen molar-refractivity contribution in [1.82, 2.24) is 5.32 Å². The third kappa shape index (κ3) is 5.44. The number of amides is 1. The van der Waals surface area contributed by atoms with Gasteiger partial charge in [0.25, 0.3) is 5.91 Å². The van der Waals surface area contributed by atoms with Crippen molar-refractivity contribution in [1.29, 1.82) is 0 Å². The van der Waals surface area contributed by atoms with Gasteiger partial charge in [0.05, 0.1) is 44.7 Å². The van der Waals surface area contributed by atoms with Gasteiger partial charge < -0.3 is 24.3 Å². The molecule has 1 aliphatic rings. The Kier molecular flexibility index (Phi) is 6.84. The number of hydrogen-bond donors (Lipinski definition) is 2. The predicted molar refractivity (Wildman–Crippen MR) is 116 cm³/mol. The molecule has 31 heavy (non-hydrogen) atoms. The Labute approximate surface area is 181 Å². The van der Waals surface area contributed by atoms with Gasteiger partial charge in [-0.3, -0.25) is 4.79 Å². The van der Waals surface area contributed by atoms with Crippen LogP contribution in [0.2, 0.25) is 0 Å². The minimum atomic E-state index is -0.195. The zero-order chi connectivity index (χ0) is 21.5. The van der Waals surface area contributed by atoms with Gasteiger partial charge in [0.1, 0.15) is 11.6 Å². The highest BCUT2D eigenvalue weighted by atomic mass is 19.1. The molecule has 1 aromatic heterocycles. The lowest BCUT2D eigenvalue weighted by molar-refractivity contribution is -0.932. The summed E-state index contributed by atoms with van der Waals surface area (Å²) in [7, 11) is 0. The molecule has 0 unspecified atom stereocenters. The topological polar surface area (TPSA) is 59.1 Å². The van der Waals surface area contributed by atoms with Crippen LogP contribution in [-0.4, -0.2) is 45.2 Å². The molecule has 0 aliphatic carbocycles. The summed E-state index contributed by atoms with van der Waals surface area (Å²) in [5.74, 6) is 1.12. The SMILES string of the molecule is O=C(COc1ccccc1)NC[C@@H](c1ccco1)[NH+]1CCN(c2ccccc2F)CC1. The summed E-state index contributed by atoms with van der Waals surface area (Å²) >= 11 is 0. The lowest BCUT2D eigenvalue weighted by Gasteiger charge is -2.37. The van der Waals surface area contributed by atoms with Gasteiger partial charge in [-0.2, -0.15) is 0 Å². The van der Waals surface area contributed by atoms with Crippen molar-refractivity contribution in [3.63, 3.8) is 0 Å². The second kappa shape index (κ2) is 10.1. The van der Waals surface area contributed by atoms with Gasteiger partial charge in [-0.1, -0.05) is 30.3 Å². The van der Waals surface area contributed by atoms with E-state index in [-0.39, 0.29) is 24.4 Å². The average molecular weight is 424 g/mol. The number of anilines is 1. The number of nitrogens with zero attached hydrogens (tertiary/aromatic N) is 1. The van der Waals surface area contributed by atoms with E-state index in [4.69, 9.17) is 9.15 Å². The molecule has 0 radical (unpaired) electrons. The van der Waals surface area contributed by atoms with E-state index in [0.29, 0.717) is 18.0 Å². The molecule has 3 aromatic rings. The third-order valence-corrected chi connectivity index (χ3v) is 5.59. The normalized spacial score (nSPS) is 15.5. The largest absolute Gasteiger partial charge is 0.484 e. The molecule has 1 fully saturated rings. The van der Waals surface area contributed by atoms with Crippen molar-refractivity contribution in [3.05, 3.63) is 84.6 Å². The number of piperazine rings is 1. The third-order valence-electron chi connectivity index (χ3n) is 5.59. The predicted octanol–water partition coefficient (Wildman–Crippen LogP) is 2.06. The maximum Gasteiger partial charge on any atom is 0.258 e. The van der Waals surface area contributed by atoms with Crippen LogP contribution in [0.1, 0.15) is 11.8 Å². The number of para-hydroxylation sites is 2. The summed E-state index contributed by atoms with van der Waals surface area (Å²) in [5, 5.41) is 2.97. The average Bonchev–Trinajstić information content (AvgIpc) is 3.34. The fourth-order valence-corrected chi connectivity index (χ4v) is 3.96. The zero-order valence-electron chi connectivity index (χ0n) is 17.3. The standard InChI is InChI=1S/C24H26FN3O3/c25-20-9-4-5-10-21(20)27-12-14-28(15-13-27)22(23-11-6-16-30-23)17-26-24(29)18-31-19-7-2-1-3-8-19/h1-11,16,22H,12-15,17-18H2,(H,26,29)/p+1/t22-/m0/s1. The van der Waals surface area contributed by atoms with Gasteiger partial charge in [0.15, 0.2) is 18.4 Å². The molecule has 162 valence electrons. The molecule has 0 bridgehead atoms. The van der Waals surface area contributed by atoms with E-state index in [1.807, 2.05) is 54.6 Å². The maximum atomic E-state index is 14.1. The minimum absolute atomic E-state index is 0.0153. The number of nitrogens with one attached hydrogen (secondary N) is 2. The van der Waals surface area contributed by atoms with Crippen LogP contribution in [0.25, 0.3) is 0 Å². The van der Waals surface area contributed by atoms with Crippen LogP contribution in [0.5, 0.6) is 5.75 Å². The summed E-state index contributed by atoms with van der Waals surface area (Å²) in [4.78, 5) is 15.7. The van der Waals surface area contributed by atoms with Gasteiger partial charge in [-0.15, -0.1) is 0 Å². The Balaban J connectivity index is 1.33. The van der Waals surface area contributed by atoms with E-state index in [0.717, 1.165) is 31.9 Å². The first kappa shape index (κ1) is 20.9. The quantitative estimate of drug-likeness (QED) is 0.581. The number of halogens is 1. The zero-order valence-corrected chi connectivity index (χ0v) is 17.3. The van der Waals surface area contributed by atoms with Crippen LogP contribution >= 0.6 is 0 Å². The smallest absolute Gasteiger partial charge is 0.258 e. The van der Waals surface area contributed by atoms with E-state index in [2.05, 4.69) is 10.2 Å². The minimum Gasteiger partial charge on any atom is -0.484 e. The molecule has 6 nitrogen and oxygen atoms in total. The highest BCUT2D eigenvalue weighted by molar-refractivity contribution is 5.77. The summed E-state index contributed by atoms with van der Waals surface area (Å²) in [6, 6.07) is 19.9. The molecule has 2 aromatic carbocycles. The Bertz CT molecular complexity index is 957. The van der Waals surface area contributed by atoms with Crippen molar-refractivity contribution in [2.75, 3.05) is 44.2 Å². The number of furan rings is 1. The fraction of sp³-hybridized carbons (Fsp3) is 0.292. The van der Waals surface area contributed by atoms with E-state index >= 15 is 0 Å². The molecule has 1 aliphatic heterocycles.